The molecule has 122 valence electrons. The molecule has 1 fully saturated rings. The number of nitrogens with one attached hydrogen (secondary N) is 1. The van der Waals surface area contributed by atoms with Crippen LogP contribution in [-0.4, -0.2) is 21.5 Å². The van der Waals surface area contributed by atoms with Gasteiger partial charge in [-0.25, -0.2) is 4.98 Å². The standard InChI is InChI=1S/C18H15Cl2N3O/c19-11-5-8-13(14(20)9-11)18-22-15-3-1-2-4-16(15)23(18)10-17(24)21-12-6-7-12/h1-5,8-9,12H,6-7,10H2,(H,21,24). The van der Waals surface area contributed by atoms with Gasteiger partial charge in [0.1, 0.15) is 12.4 Å². The molecule has 1 aliphatic rings. The second kappa shape index (κ2) is 6.11. The van der Waals surface area contributed by atoms with Crippen molar-refractivity contribution in [3.05, 3.63) is 52.5 Å². The lowest BCUT2D eigenvalue weighted by atomic mass is 10.2. The average molecular weight is 360 g/mol. The van der Waals surface area contributed by atoms with Gasteiger partial charge in [0.2, 0.25) is 5.91 Å². The maximum absolute atomic E-state index is 12.3. The molecule has 1 amide bonds. The third-order valence-electron chi connectivity index (χ3n) is 4.07. The molecule has 1 aromatic heterocycles. The van der Waals surface area contributed by atoms with E-state index in [-0.39, 0.29) is 12.5 Å². The van der Waals surface area contributed by atoms with Gasteiger partial charge >= 0.3 is 0 Å². The van der Waals surface area contributed by atoms with Crippen molar-refractivity contribution in [1.29, 1.82) is 0 Å². The molecule has 2 aromatic carbocycles. The summed E-state index contributed by atoms with van der Waals surface area (Å²) >= 11 is 12.4. The number of nitrogens with zero attached hydrogens (tertiary/aromatic N) is 2. The lowest BCUT2D eigenvalue weighted by Gasteiger charge is -2.11. The lowest BCUT2D eigenvalue weighted by molar-refractivity contribution is -0.121. The number of carbonyl (C=O) groups is 1. The summed E-state index contributed by atoms with van der Waals surface area (Å²) in [6, 6.07) is 13.4. The molecule has 0 saturated heterocycles. The molecule has 0 aliphatic heterocycles. The van der Waals surface area contributed by atoms with Crippen LogP contribution in [0, 0.1) is 0 Å². The van der Waals surface area contributed by atoms with Gasteiger partial charge in [-0.05, 0) is 43.2 Å². The lowest BCUT2D eigenvalue weighted by Crippen LogP contribution is -2.29. The molecule has 1 N–H and O–H groups in total. The fourth-order valence-corrected chi connectivity index (χ4v) is 3.25. The minimum atomic E-state index is -0.00742. The van der Waals surface area contributed by atoms with Crippen LogP contribution in [0.3, 0.4) is 0 Å². The van der Waals surface area contributed by atoms with Gasteiger partial charge in [0.05, 0.1) is 16.1 Å². The smallest absolute Gasteiger partial charge is 0.240 e. The molecule has 0 radical (unpaired) electrons. The molecule has 3 aromatic rings. The fraction of sp³-hybridized carbons (Fsp3) is 0.222. The van der Waals surface area contributed by atoms with Crippen LogP contribution in [0.4, 0.5) is 0 Å². The van der Waals surface area contributed by atoms with Crippen molar-refractivity contribution in [2.75, 3.05) is 0 Å². The zero-order valence-corrected chi connectivity index (χ0v) is 14.3. The maximum Gasteiger partial charge on any atom is 0.240 e. The second-order valence-corrected chi connectivity index (χ2v) is 6.82. The number of aromatic nitrogens is 2. The Kier molecular flexibility index (Phi) is 3.94. The number of amides is 1. The highest BCUT2D eigenvalue weighted by Crippen LogP contribution is 2.32. The van der Waals surface area contributed by atoms with Crippen LogP contribution in [-0.2, 0) is 11.3 Å². The topological polar surface area (TPSA) is 46.9 Å². The number of halogens is 2. The van der Waals surface area contributed by atoms with Crippen molar-refractivity contribution < 1.29 is 4.79 Å². The van der Waals surface area contributed by atoms with Crippen LogP contribution in [0.1, 0.15) is 12.8 Å². The molecule has 24 heavy (non-hydrogen) atoms. The predicted octanol–water partition coefficient (Wildman–Crippen LogP) is 4.29. The summed E-state index contributed by atoms with van der Waals surface area (Å²) in [6.45, 7) is 0.214. The van der Waals surface area contributed by atoms with Gasteiger partial charge in [0.25, 0.3) is 0 Å². The molecule has 0 bridgehead atoms. The SMILES string of the molecule is O=C(Cn1c(-c2ccc(Cl)cc2Cl)nc2ccccc21)NC1CC1. The van der Waals surface area contributed by atoms with Crippen molar-refractivity contribution >= 4 is 40.1 Å². The van der Waals surface area contributed by atoms with Crippen molar-refractivity contribution in [2.45, 2.75) is 25.4 Å². The van der Waals surface area contributed by atoms with Gasteiger partial charge in [-0.3, -0.25) is 4.79 Å². The average Bonchev–Trinajstić information content (AvgIpc) is 3.29. The Hall–Kier alpha value is -2.04. The molecule has 1 heterocycles. The molecule has 1 aliphatic carbocycles. The molecular weight excluding hydrogens is 345 g/mol. The molecule has 0 spiro atoms. The highest BCUT2D eigenvalue weighted by Gasteiger charge is 2.24. The number of fused-ring (bicyclic) bond motifs is 1. The van der Waals surface area contributed by atoms with E-state index in [2.05, 4.69) is 10.3 Å². The molecule has 4 rings (SSSR count). The molecule has 0 unspecified atom stereocenters. The van der Waals surface area contributed by atoms with Crippen LogP contribution < -0.4 is 5.32 Å². The molecule has 1 saturated carbocycles. The number of hydrogen-bond donors (Lipinski definition) is 1. The van der Waals surface area contributed by atoms with Crippen molar-refractivity contribution in [3.8, 4) is 11.4 Å². The summed E-state index contributed by atoms with van der Waals surface area (Å²) in [5.74, 6) is 0.663. The Morgan fingerprint density at radius 2 is 2.00 bits per heavy atom. The normalized spacial score (nSPS) is 14.1. The highest BCUT2D eigenvalue weighted by molar-refractivity contribution is 6.36. The van der Waals surface area contributed by atoms with E-state index in [9.17, 15) is 4.79 Å². The largest absolute Gasteiger partial charge is 0.352 e. The van der Waals surface area contributed by atoms with E-state index < -0.39 is 0 Å². The summed E-state index contributed by atoms with van der Waals surface area (Å²) in [4.78, 5) is 17.0. The first kappa shape index (κ1) is 15.5. The highest BCUT2D eigenvalue weighted by atomic mass is 35.5. The summed E-state index contributed by atoms with van der Waals surface area (Å²) in [7, 11) is 0. The van der Waals surface area contributed by atoms with E-state index in [0.29, 0.717) is 21.9 Å². The van der Waals surface area contributed by atoms with Crippen molar-refractivity contribution in [1.82, 2.24) is 14.9 Å². The zero-order chi connectivity index (χ0) is 16.7. The zero-order valence-electron chi connectivity index (χ0n) is 12.8. The van der Waals surface area contributed by atoms with Gasteiger partial charge in [-0.2, -0.15) is 0 Å². The van der Waals surface area contributed by atoms with Crippen molar-refractivity contribution in [2.24, 2.45) is 0 Å². The summed E-state index contributed by atoms with van der Waals surface area (Å²) in [6.07, 6.45) is 2.12. The number of imidazole rings is 1. The first-order chi connectivity index (χ1) is 11.6. The van der Waals surface area contributed by atoms with Gasteiger partial charge in [-0.1, -0.05) is 35.3 Å². The Morgan fingerprint density at radius 1 is 1.21 bits per heavy atom. The van der Waals surface area contributed by atoms with E-state index in [0.717, 1.165) is 29.4 Å². The first-order valence-electron chi connectivity index (χ1n) is 7.82. The quantitative estimate of drug-likeness (QED) is 0.755. The van der Waals surface area contributed by atoms with Gasteiger partial charge in [0, 0.05) is 16.6 Å². The fourth-order valence-electron chi connectivity index (χ4n) is 2.76. The Morgan fingerprint density at radius 3 is 2.75 bits per heavy atom. The third kappa shape index (κ3) is 2.99. The Bertz CT molecular complexity index is 931. The Balaban J connectivity index is 1.81. The maximum atomic E-state index is 12.3. The number of carbonyl (C=O) groups excluding carboxylic acids is 1. The number of rotatable bonds is 4. The van der Waals surface area contributed by atoms with E-state index in [4.69, 9.17) is 23.2 Å². The van der Waals surface area contributed by atoms with E-state index in [1.165, 1.54) is 0 Å². The Labute approximate surface area is 149 Å². The number of hydrogen-bond acceptors (Lipinski definition) is 2. The molecule has 0 atom stereocenters. The van der Waals surface area contributed by atoms with Crippen LogP contribution in [0.15, 0.2) is 42.5 Å². The summed E-state index contributed by atoms with van der Waals surface area (Å²) < 4.78 is 1.90. The predicted molar refractivity (Wildman–Crippen MR) is 96.4 cm³/mol. The minimum absolute atomic E-state index is 0.00742. The monoisotopic (exact) mass is 359 g/mol. The minimum Gasteiger partial charge on any atom is -0.352 e. The van der Waals surface area contributed by atoms with Crippen LogP contribution >= 0.6 is 23.2 Å². The van der Waals surface area contributed by atoms with Gasteiger partial charge < -0.3 is 9.88 Å². The van der Waals surface area contributed by atoms with E-state index >= 15 is 0 Å². The summed E-state index contributed by atoms with van der Waals surface area (Å²) in [5.41, 5.74) is 2.50. The number of para-hydroxylation sites is 2. The van der Waals surface area contributed by atoms with Gasteiger partial charge in [0.15, 0.2) is 0 Å². The molecule has 4 nitrogen and oxygen atoms in total. The third-order valence-corrected chi connectivity index (χ3v) is 4.62. The van der Waals surface area contributed by atoms with E-state index in [1.807, 2.05) is 34.9 Å². The van der Waals surface area contributed by atoms with Crippen LogP contribution in [0.25, 0.3) is 22.4 Å². The second-order valence-electron chi connectivity index (χ2n) is 5.98. The van der Waals surface area contributed by atoms with Crippen LogP contribution in [0.5, 0.6) is 0 Å². The first-order valence-corrected chi connectivity index (χ1v) is 8.57. The van der Waals surface area contributed by atoms with Crippen molar-refractivity contribution in [3.63, 3.8) is 0 Å². The molecular formula is C18H15Cl2N3O. The number of benzene rings is 2. The van der Waals surface area contributed by atoms with Crippen LogP contribution in [0.2, 0.25) is 10.0 Å². The van der Waals surface area contributed by atoms with E-state index in [1.54, 1.807) is 12.1 Å². The molecule has 6 heteroatoms. The summed E-state index contributed by atoms with van der Waals surface area (Å²) in [5, 5.41) is 4.10. The van der Waals surface area contributed by atoms with Gasteiger partial charge in [-0.15, -0.1) is 0 Å².